The summed E-state index contributed by atoms with van der Waals surface area (Å²) >= 11 is 12.0. The van der Waals surface area contributed by atoms with Crippen molar-refractivity contribution < 1.29 is 4.79 Å². The predicted molar refractivity (Wildman–Crippen MR) is 95.2 cm³/mol. The third kappa shape index (κ3) is 3.27. The highest BCUT2D eigenvalue weighted by atomic mass is 35.5. The monoisotopic (exact) mass is 360 g/mol. The van der Waals surface area contributed by atoms with E-state index in [9.17, 15) is 4.79 Å². The molecule has 0 fully saturated rings. The number of aromatic nitrogens is 3. The molecule has 0 saturated heterocycles. The van der Waals surface area contributed by atoms with E-state index < -0.39 is 0 Å². The molecule has 3 aromatic rings. The van der Waals surface area contributed by atoms with Crippen molar-refractivity contribution in [3.8, 4) is 5.82 Å². The van der Waals surface area contributed by atoms with Gasteiger partial charge in [0.25, 0.3) is 5.91 Å². The van der Waals surface area contributed by atoms with Crippen molar-refractivity contribution >= 4 is 34.8 Å². The molecule has 5 nitrogen and oxygen atoms in total. The topological polar surface area (TPSA) is 59.8 Å². The van der Waals surface area contributed by atoms with Crippen molar-refractivity contribution in [3.05, 3.63) is 69.6 Å². The smallest absolute Gasteiger partial charge is 0.257 e. The third-order valence-electron chi connectivity index (χ3n) is 3.43. The number of carbonyl (C=O) groups excluding carboxylic acids is 1. The molecule has 122 valence electrons. The van der Waals surface area contributed by atoms with Gasteiger partial charge in [-0.05, 0) is 44.2 Å². The number of anilines is 1. The normalized spacial score (nSPS) is 10.7. The van der Waals surface area contributed by atoms with E-state index in [2.05, 4.69) is 15.4 Å². The maximum absolute atomic E-state index is 12.3. The number of aryl methyl sites for hydroxylation is 2. The number of amides is 1. The Balaban J connectivity index is 1.80. The molecular weight excluding hydrogens is 347 g/mol. The van der Waals surface area contributed by atoms with Crippen molar-refractivity contribution in [2.45, 2.75) is 13.8 Å². The lowest BCUT2D eigenvalue weighted by atomic mass is 10.2. The average molecular weight is 361 g/mol. The zero-order valence-electron chi connectivity index (χ0n) is 13.0. The van der Waals surface area contributed by atoms with Crippen molar-refractivity contribution in [2.24, 2.45) is 0 Å². The fourth-order valence-corrected chi connectivity index (χ4v) is 2.71. The first-order valence-electron chi connectivity index (χ1n) is 7.21. The fourth-order valence-electron chi connectivity index (χ4n) is 2.32. The summed E-state index contributed by atoms with van der Waals surface area (Å²) in [5.74, 6) is 0.336. The fraction of sp³-hybridized carbons (Fsp3) is 0.118. The number of hydrogen-bond donors (Lipinski definition) is 1. The molecule has 0 spiro atoms. The molecule has 1 aromatic carbocycles. The van der Waals surface area contributed by atoms with Crippen molar-refractivity contribution in [3.63, 3.8) is 0 Å². The molecule has 0 aliphatic heterocycles. The van der Waals surface area contributed by atoms with Crippen molar-refractivity contribution in [1.29, 1.82) is 0 Å². The molecule has 1 N–H and O–H groups in total. The molecule has 2 heterocycles. The largest absolute Gasteiger partial charge is 0.321 e. The second kappa shape index (κ2) is 6.63. The third-order valence-corrected chi connectivity index (χ3v) is 4.25. The van der Waals surface area contributed by atoms with Gasteiger partial charge in [0.1, 0.15) is 0 Å². The summed E-state index contributed by atoms with van der Waals surface area (Å²) in [4.78, 5) is 16.6. The van der Waals surface area contributed by atoms with Crippen LogP contribution in [-0.4, -0.2) is 20.7 Å². The summed E-state index contributed by atoms with van der Waals surface area (Å²) in [5, 5.41) is 7.69. The summed E-state index contributed by atoms with van der Waals surface area (Å²) in [5.41, 5.74) is 2.78. The van der Waals surface area contributed by atoms with E-state index >= 15 is 0 Å². The summed E-state index contributed by atoms with van der Waals surface area (Å²) in [6, 6.07) is 10.4. The zero-order valence-corrected chi connectivity index (χ0v) is 14.6. The highest BCUT2D eigenvalue weighted by Crippen LogP contribution is 2.26. The standard InChI is InChI=1S/C17H14Cl2N4O/c1-10-8-11(2)23(22-10)15-7-6-12(9-20-15)21-17(24)13-4-3-5-14(18)16(13)19/h3-9H,1-2H3,(H,21,24). The predicted octanol–water partition coefficient (Wildman–Crippen LogP) is 4.44. The van der Waals surface area contributed by atoms with Crippen LogP contribution in [0.3, 0.4) is 0 Å². The molecule has 0 aliphatic carbocycles. The highest BCUT2D eigenvalue weighted by Gasteiger charge is 2.13. The van der Waals surface area contributed by atoms with Gasteiger partial charge in [0, 0.05) is 5.69 Å². The summed E-state index contributed by atoms with van der Waals surface area (Å²) in [6.07, 6.45) is 1.57. The Hall–Kier alpha value is -2.37. The molecule has 24 heavy (non-hydrogen) atoms. The molecule has 0 unspecified atom stereocenters. The summed E-state index contributed by atoms with van der Waals surface area (Å²) in [7, 11) is 0. The van der Waals surface area contributed by atoms with Crippen molar-refractivity contribution in [1.82, 2.24) is 14.8 Å². The molecule has 0 aliphatic rings. The Bertz CT molecular complexity index is 903. The lowest BCUT2D eigenvalue weighted by Gasteiger charge is -2.08. The van der Waals surface area contributed by atoms with Crippen LogP contribution in [0.2, 0.25) is 10.0 Å². The van der Waals surface area contributed by atoms with E-state index in [0.29, 0.717) is 22.1 Å². The number of nitrogens with zero attached hydrogens (tertiary/aromatic N) is 3. The van der Waals surface area contributed by atoms with Crippen LogP contribution < -0.4 is 5.32 Å². The van der Waals surface area contributed by atoms with Gasteiger partial charge in [-0.2, -0.15) is 5.10 Å². The lowest BCUT2D eigenvalue weighted by molar-refractivity contribution is 0.102. The first kappa shape index (κ1) is 16.5. The molecular formula is C17H14Cl2N4O. The first-order chi connectivity index (χ1) is 11.5. The highest BCUT2D eigenvalue weighted by molar-refractivity contribution is 6.44. The van der Waals surface area contributed by atoms with Gasteiger partial charge in [-0.3, -0.25) is 4.79 Å². The Kier molecular flexibility index (Phi) is 4.55. The Morgan fingerprint density at radius 2 is 1.96 bits per heavy atom. The molecule has 2 aromatic heterocycles. The lowest BCUT2D eigenvalue weighted by Crippen LogP contribution is -2.13. The number of nitrogens with one attached hydrogen (secondary N) is 1. The zero-order chi connectivity index (χ0) is 17.3. The van der Waals surface area contributed by atoms with E-state index in [-0.39, 0.29) is 10.9 Å². The first-order valence-corrected chi connectivity index (χ1v) is 7.96. The molecule has 0 saturated carbocycles. The number of benzene rings is 1. The van der Waals surface area contributed by atoms with Gasteiger partial charge >= 0.3 is 0 Å². The van der Waals surface area contributed by atoms with Crippen LogP contribution in [0.15, 0.2) is 42.6 Å². The van der Waals surface area contributed by atoms with Gasteiger partial charge in [-0.15, -0.1) is 0 Å². The second-order valence-corrected chi connectivity index (χ2v) is 6.08. The van der Waals surface area contributed by atoms with Gasteiger partial charge in [0.15, 0.2) is 5.82 Å². The Labute approximate surface area is 149 Å². The number of halogens is 2. The quantitative estimate of drug-likeness (QED) is 0.750. The average Bonchev–Trinajstić information content (AvgIpc) is 2.89. The minimum Gasteiger partial charge on any atom is -0.321 e. The van der Waals surface area contributed by atoms with E-state index in [1.54, 1.807) is 41.2 Å². The minimum atomic E-state index is -0.344. The maximum atomic E-state index is 12.3. The SMILES string of the molecule is Cc1cc(C)n(-c2ccc(NC(=O)c3cccc(Cl)c3Cl)cn2)n1. The van der Waals surface area contributed by atoms with Crippen LogP contribution in [-0.2, 0) is 0 Å². The van der Waals surface area contributed by atoms with Gasteiger partial charge in [0.2, 0.25) is 0 Å². The number of carbonyl (C=O) groups is 1. The van der Waals surface area contributed by atoms with Crippen LogP contribution in [0.25, 0.3) is 5.82 Å². The number of hydrogen-bond acceptors (Lipinski definition) is 3. The van der Waals surface area contributed by atoms with Crippen LogP contribution in [0.4, 0.5) is 5.69 Å². The van der Waals surface area contributed by atoms with Crippen LogP contribution >= 0.6 is 23.2 Å². The minimum absolute atomic E-state index is 0.226. The van der Waals surface area contributed by atoms with Crippen LogP contribution in [0.1, 0.15) is 21.7 Å². The summed E-state index contributed by atoms with van der Waals surface area (Å²) in [6.45, 7) is 3.88. The summed E-state index contributed by atoms with van der Waals surface area (Å²) < 4.78 is 1.74. The maximum Gasteiger partial charge on any atom is 0.257 e. The van der Waals surface area contributed by atoms with Crippen LogP contribution in [0, 0.1) is 13.8 Å². The van der Waals surface area contributed by atoms with Crippen LogP contribution in [0.5, 0.6) is 0 Å². The molecule has 7 heteroatoms. The van der Waals surface area contributed by atoms with Gasteiger partial charge in [0.05, 0.1) is 33.2 Å². The second-order valence-electron chi connectivity index (χ2n) is 5.30. The van der Waals surface area contributed by atoms with Gasteiger partial charge in [-0.25, -0.2) is 9.67 Å². The number of rotatable bonds is 3. The van der Waals surface area contributed by atoms with Crippen molar-refractivity contribution in [2.75, 3.05) is 5.32 Å². The Morgan fingerprint density at radius 3 is 2.58 bits per heavy atom. The van der Waals surface area contributed by atoms with E-state index in [1.807, 2.05) is 19.9 Å². The molecule has 1 amide bonds. The number of pyridine rings is 1. The molecule has 3 rings (SSSR count). The van der Waals surface area contributed by atoms with E-state index in [0.717, 1.165) is 11.4 Å². The molecule has 0 bridgehead atoms. The molecule has 0 atom stereocenters. The molecule has 0 radical (unpaired) electrons. The van der Waals surface area contributed by atoms with E-state index in [4.69, 9.17) is 23.2 Å². The Morgan fingerprint density at radius 1 is 1.17 bits per heavy atom. The van der Waals surface area contributed by atoms with Gasteiger partial charge < -0.3 is 5.32 Å². The van der Waals surface area contributed by atoms with E-state index in [1.165, 1.54) is 0 Å². The van der Waals surface area contributed by atoms with Gasteiger partial charge in [-0.1, -0.05) is 29.3 Å².